The summed E-state index contributed by atoms with van der Waals surface area (Å²) in [6, 6.07) is 4.29. The molecule has 1 aromatic rings. The average molecular weight is 470 g/mol. The maximum atomic E-state index is 13.1. The van der Waals surface area contributed by atoms with Crippen molar-refractivity contribution in [2.45, 2.75) is 52.5 Å². The van der Waals surface area contributed by atoms with Crippen LogP contribution < -0.4 is 0 Å². The molecule has 0 bridgehead atoms. The van der Waals surface area contributed by atoms with Gasteiger partial charge in [0.15, 0.2) is 0 Å². The second-order valence-electron chi connectivity index (χ2n) is 9.53. The molecule has 2 amide bonds. The van der Waals surface area contributed by atoms with E-state index in [1.165, 1.54) is 12.8 Å². The molecule has 0 saturated carbocycles. The lowest BCUT2D eigenvalue weighted by Crippen LogP contribution is -2.51. The summed E-state index contributed by atoms with van der Waals surface area (Å²) in [5.74, 6) is -0.0481. The first-order chi connectivity index (χ1) is 16.3. The first kappa shape index (κ1) is 26.0. The van der Waals surface area contributed by atoms with Crippen molar-refractivity contribution in [2.75, 3.05) is 59.5 Å². The average Bonchev–Trinajstić information content (AvgIpc) is 2.99. The molecule has 0 N–H and O–H groups in total. The number of aryl methyl sites for hydroxylation is 1. The van der Waals surface area contributed by atoms with Crippen molar-refractivity contribution in [3.63, 3.8) is 0 Å². The van der Waals surface area contributed by atoms with Crippen LogP contribution in [0.1, 0.15) is 55.6 Å². The van der Waals surface area contributed by atoms with E-state index in [4.69, 9.17) is 4.74 Å². The van der Waals surface area contributed by atoms with Crippen molar-refractivity contribution in [3.8, 4) is 6.07 Å². The second-order valence-corrected chi connectivity index (χ2v) is 9.53. The maximum absolute atomic E-state index is 13.1. The lowest BCUT2D eigenvalue weighted by atomic mass is 10.1. The van der Waals surface area contributed by atoms with E-state index < -0.39 is 0 Å². The fourth-order valence-corrected chi connectivity index (χ4v) is 5.13. The third kappa shape index (κ3) is 6.28. The van der Waals surface area contributed by atoms with Gasteiger partial charge in [-0.3, -0.25) is 14.5 Å². The van der Waals surface area contributed by atoms with Crippen LogP contribution in [0.2, 0.25) is 0 Å². The first-order valence-corrected chi connectivity index (χ1v) is 12.4. The van der Waals surface area contributed by atoms with Gasteiger partial charge in [-0.05, 0) is 51.3 Å². The molecule has 34 heavy (non-hydrogen) atoms. The molecule has 8 nitrogen and oxygen atoms in total. The van der Waals surface area contributed by atoms with E-state index in [9.17, 15) is 14.9 Å². The fourth-order valence-electron chi connectivity index (χ4n) is 5.13. The minimum absolute atomic E-state index is 0.147. The Bertz CT molecular complexity index is 929. The fraction of sp³-hybridized carbons (Fsp3) is 0.654. The molecule has 0 spiro atoms. The van der Waals surface area contributed by atoms with Crippen LogP contribution in [0, 0.1) is 25.2 Å². The molecule has 1 aromatic heterocycles. The molecule has 2 aliphatic heterocycles. The van der Waals surface area contributed by atoms with Gasteiger partial charge in [-0.1, -0.05) is 12.8 Å². The summed E-state index contributed by atoms with van der Waals surface area (Å²) in [6.07, 6.45) is 6.29. The highest BCUT2D eigenvalue weighted by Crippen LogP contribution is 2.23. The number of likely N-dealkylation sites (tertiary alicyclic amines) is 1. The van der Waals surface area contributed by atoms with Crippen molar-refractivity contribution < 1.29 is 14.3 Å². The van der Waals surface area contributed by atoms with Crippen LogP contribution in [0.5, 0.6) is 0 Å². The Morgan fingerprint density at radius 3 is 2.29 bits per heavy atom. The minimum atomic E-state index is -0.240. The summed E-state index contributed by atoms with van der Waals surface area (Å²) in [5, 5.41) is 9.73. The van der Waals surface area contributed by atoms with E-state index in [0.29, 0.717) is 39.3 Å². The Balaban J connectivity index is 1.60. The number of carbonyl (C=O) groups excluding carboxylic acids is 2. The Kier molecular flexibility index (Phi) is 9.31. The summed E-state index contributed by atoms with van der Waals surface area (Å²) in [6.45, 7) is 11.2. The molecule has 1 atom stereocenters. The Labute approximate surface area is 203 Å². The lowest BCUT2D eigenvalue weighted by molar-refractivity contribution is -0.133. The van der Waals surface area contributed by atoms with Crippen molar-refractivity contribution in [1.29, 1.82) is 5.26 Å². The molecule has 0 aliphatic carbocycles. The van der Waals surface area contributed by atoms with Gasteiger partial charge in [0.25, 0.3) is 5.91 Å². The molecule has 3 rings (SSSR count). The second kappa shape index (κ2) is 12.2. The van der Waals surface area contributed by atoms with Crippen LogP contribution in [0.4, 0.5) is 0 Å². The van der Waals surface area contributed by atoms with Crippen LogP contribution in [0.15, 0.2) is 11.6 Å². The zero-order valence-corrected chi connectivity index (χ0v) is 21.2. The monoisotopic (exact) mass is 469 g/mol. The van der Waals surface area contributed by atoms with Crippen molar-refractivity contribution >= 4 is 17.9 Å². The molecule has 0 aromatic carbocycles. The van der Waals surface area contributed by atoms with E-state index in [1.807, 2.05) is 24.8 Å². The third-order valence-electron chi connectivity index (χ3n) is 7.00. The van der Waals surface area contributed by atoms with E-state index in [1.54, 1.807) is 18.1 Å². The van der Waals surface area contributed by atoms with E-state index in [2.05, 4.69) is 22.5 Å². The highest BCUT2D eigenvalue weighted by Gasteiger charge is 2.26. The van der Waals surface area contributed by atoms with E-state index in [-0.39, 0.29) is 23.4 Å². The van der Waals surface area contributed by atoms with Gasteiger partial charge in [0.05, 0.1) is 19.2 Å². The molecule has 2 saturated heterocycles. The number of rotatable bonds is 7. The number of amides is 2. The predicted octanol–water partition coefficient (Wildman–Crippen LogP) is 2.77. The number of nitriles is 1. The van der Waals surface area contributed by atoms with Gasteiger partial charge in [0.2, 0.25) is 5.91 Å². The zero-order chi connectivity index (χ0) is 24.7. The van der Waals surface area contributed by atoms with Crippen LogP contribution >= 0.6 is 0 Å². The normalized spacial score (nSPS) is 19.0. The number of aromatic nitrogens is 1. The smallest absolute Gasteiger partial charge is 0.264 e. The predicted molar refractivity (Wildman–Crippen MR) is 132 cm³/mol. The largest absolute Gasteiger partial charge is 0.383 e. The van der Waals surface area contributed by atoms with Gasteiger partial charge in [-0.2, -0.15) is 5.26 Å². The van der Waals surface area contributed by atoms with E-state index in [0.717, 1.165) is 42.9 Å². The van der Waals surface area contributed by atoms with Gasteiger partial charge >= 0.3 is 0 Å². The highest BCUT2D eigenvalue weighted by molar-refractivity contribution is 6.01. The highest BCUT2D eigenvalue weighted by atomic mass is 16.5. The molecule has 0 radical (unpaired) electrons. The number of hydrogen-bond acceptors (Lipinski definition) is 5. The van der Waals surface area contributed by atoms with Crippen LogP contribution in [-0.2, 0) is 14.3 Å². The molecule has 2 aliphatic rings. The van der Waals surface area contributed by atoms with Gasteiger partial charge in [0.1, 0.15) is 11.6 Å². The van der Waals surface area contributed by atoms with Gasteiger partial charge in [-0.15, -0.1) is 0 Å². The number of hydrogen-bond donors (Lipinski definition) is 0. The number of nitrogens with zero attached hydrogens (tertiary/aromatic N) is 5. The molecule has 8 heteroatoms. The summed E-state index contributed by atoms with van der Waals surface area (Å²) in [7, 11) is 1.68. The summed E-state index contributed by atoms with van der Waals surface area (Å²) in [5.41, 5.74) is 3.11. The summed E-state index contributed by atoms with van der Waals surface area (Å²) >= 11 is 0. The van der Waals surface area contributed by atoms with Gasteiger partial charge in [-0.25, -0.2) is 0 Å². The lowest BCUT2D eigenvalue weighted by Gasteiger charge is -2.35. The molecule has 3 heterocycles. The standard InChI is InChI=1S/C26H39N5O3/c1-20-15-23(22(3)31(20)21(2)19-34-4)16-24(17-27)26(33)30-13-11-28(12-14-30)18-25(32)29-9-7-5-6-8-10-29/h15-16,21H,5-14,18-19H2,1-4H3/b24-16-. The summed E-state index contributed by atoms with van der Waals surface area (Å²) < 4.78 is 7.47. The molecule has 186 valence electrons. The molecule has 2 fully saturated rings. The Morgan fingerprint density at radius 2 is 1.71 bits per heavy atom. The Morgan fingerprint density at radius 1 is 1.06 bits per heavy atom. The van der Waals surface area contributed by atoms with E-state index >= 15 is 0 Å². The van der Waals surface area contributed by atoms with Crippen molar-refractivity contribution in [1.82, 2.24) is 19.3 Å². The Hall–Kier alpha value is -2.63. The number of carbonyl (C=O) groups is 2. The van der Waals surface area contributed by atoms with Crippen molar-refractivity contribution in [2.24, 2.45) is 0 Å². The number of methoxy groups -OCH3 is 1. The van der Waals surface area contributed by atoms with Gasteiger partial charge < -0.3 is 19.1 Å². The minimum Gasteiger partial charge on any atom is -0.383 e. The summed E-state index contributed by atoms with van der Waals surface area (Å²) in [4.78, 5) is 31.6. The number of ether oxygens (including phenoxy) is 1. The van der Waals surface area contributed by atoms with Gasteiger partial charge in [0, 0.05) is 57.8 Å². The molecule has 1 unspecified atom stereocenters. The SMILES string of the molecule is COCC(C)n1c(C)cc(/C=C(/C#N)C(=O)N2CCN(CC(=O)N3CCCCCC3)CC2)c1C. The molecular formula is C26H39N5O3. The van der Waals surface area contributed by atoms with Crippen molar-refractivity contribution in [3.05, 3.63) is 28.6 Å². The zero-order valence-electron chi connectivity index (χ0n) is 21.2. The maximum Gasteiger partial charge on any atom is 0.264 e. The van der Waals surface area contributed by atoms with Crippen LogP contribution in [0.3, 0.4) is 0 Å². The van der Waals surface area contributed by atoms with Crippen LogP contribution in [0.25, 0.3) is 6.08 Å². The quantitative estimate of drug-likeness (QED) is 0.453. The number of piperazine rings is 1. The third-order valence-corrected chi connectivity index (χ3v) is 7.00. The molecular weight excluding hydrogens is 430 g/mol. The first-order valence-electron chi connectivity index (χ1n) is 12.4. The topological polar surface area (TPSA) is 81.8 Å². The van der Waals surface area contributed by atoms with Crippen LogP contribution in [-0.4, -0.2) is 90.6 Å².